The smallest absolute Gasteiger partial charge is 0.227 e. The number of hydrogen-bond acceptors (Lipinski definition) is 3. The molecule has 1 aromatic carbocycles. The summed E-state index contributed by atoms with van der Waals surface area (Å²) in [5.74, 6) is 0.711. The molecule has 19 heavy (non-hydrogen) atoms. The Balaban J connectivity index is 2.83. The molecule has 4 heteroatoms. The number of carbonyl (C=O) groups excluding carboxylic acids is 1. The molecule has 0 aliphatic heterocycles. The number of aliphatic hydroxyl groups is 1. The Labute approximate surface area is 115 Å². The Hall–Kier alpha value is -1.55. The zero-order valence-electron chi connectivity index (χ0n) is 12.3. The van der Waals surface area contributed by atoms with Crippen LogP contribution in [0.5, 0.6) is 5.75 Å². The van der Waals surface area contributed by atoms with Gasteiger partial charge in [0.05, 0.1) is 13.2 Å². The van der Waals surface area contributed by atoms with Crippen LogP contribution in [0.1, 0.15) is 31.9 Å². The molecule has 0 bridgehead atoms. The Kier molecular flexibility index (Phi) is 4.95. The average Bonchev–Trinajstić information content (AvgIpc) is 2.37. The normalized spacial score (nSPS) is 12.9. The maximum Gasteiger partial charge on any atom is 0.227 e. The van der Waals surface area contributed by atoms with Crippen molar-refractivity contribution < 1.29 is 14.6 Å². The number of rotatable bonds is 5. The molecule has 1 rings (SSSR count). The van der Waals surface area contributed by atoms with E-state index in [1.807, 2.05) is 32.0 Å². The molecule has 0 saturated heterocycles. The highest BCUT2D eigenvalue weighted by Gasteiger charge is 2.32. The first-order valence-corrected chi connectivity index (χ1v) is 6.31. The molecule has 1 atom stereocenters. The van der Waals surface area contributed by atoms with E-state index in [0.29, 0.717) is 12.2 Å². The fraction of sp³-hybridized carbons (Fsp3) is 0.533. The highest BCUT2D eigenvalue weighted by molar-refractivity contribution is 5.81. The van der Waals surface area contributed by atoms with Gasteiger partial charge in [-0.05, 0) is 24.1 Å². The Morgan fingerprint density at radius 3 is 2.58 bits per heavy atom. The van der Waals surface area contributed by atoms with Crippen molar-refractivity contribution >= 4 is 5.91 Å². The maximum absolute atomic E-state index is 12.0. The minimum Gasteiger partial charge on any atom is -0.497 e. The molecular weight excluding hydrogens is 242 g/mol. The zero-order valence-corrected chi connectivity index (χ0v) is 12.3. The van der Waals surface area contributed by atoms with Gasteiger partial charge < -0.3 is 14.7 Å². The van der Waals surface area contributed by atoms with Crippen LogP contribution in [0.2, 0.25) is 0 Å². The van der Waals surface area contributed by atoms with E-state index in [1.165, 1.54) is 0 Å². The number of methoxy groups -OCH3 is 1. The van der Waals surface area contributed by atoms with E-state index in [4.69, 9.17) is 4.74 Å². The summed E-state index contributed by atoms with van der Waals surface area (Å²) in [5.41, 5.74) is 0.158. The third-order valence-corrected chi connectivity index (χ3v) is 3.17. The lowest BCUT2D eigenvalue weighted by molar-refractivity contribution is -0.139. The third kappa shape index (κ3) is 3.96. The first-order valence-electron chi connectivity index (χ1n) is 6.31. The van der Waals surface area contributed by atoms with Crippen molar-refractivity contribution in [1.29, 1.82) is 0 Å². The molecule has 4 nitrogen and oxygen atoms in total. The van der Waals surface area contributed by atoms with Crippen LogP contribution in [0.15, 0.2) is 24.3 Å². The zero-order chi connectivity index (χ0) is 14.6. The van der Waals surface area contributed by atoms with E-state index < -0.39 is 11.5 Å². The Morgan fingerprint density at radius 2 is 2.05 bits per heavy atom. The number of nitrogens with zero attached hydrogens (tertiary/aromatic N) is 1. The standard InChI is InChI=1S/C15H23NO3/c1-15(2,14(18)16(3)4)10-13(17)11-7-6-8-12(9-11)19-5/h6-9,13,17H,10H2,1-5H3. The number of amides is 1. The lowest BCUT2D eigenvalue weighted by Crippen LogP contribution is -2.37. The van der Waals surface area contributed by atoms with Crippen LogP contribution in [-0.2, 0) is 4.79 Å². The van der Waals surface area contributed by atoms with Gasteiger partial charge in [-0.15, -0.1) is 0 Å². The summed E-state index contributed by atoms with van der Waals surface area (Å²) in [4.78, 5) is 13.6. The largest absolute Gasteiger partial charge is 0.497 e. The van der Waals surface area contributed by atoms with Crippen molar-refractivity contribution in [2.24, 2.45) is 5.41 Å². The number of ether oxygens (including phenoxy) is 1. The van der Waals surface area contributed by atoms with Crippen molar-refractivity contribution in [3.05, 3.63) is 29.8 Å². The predicted octanol–water partition coefficient (Wildman–Crippen LogP) is 2.23. The minimum absolute atomic E-state index is 0.00875. The molecule has 0 saturated carbocycles. The first kappa shape index (κ1) is 15.5. The molecule has 0 heterocycles. The first-order chi connectivity index (χ1) is 8.77. The van der Waals surface area contributed by atoms with Gasteiger partial charge in [0.25, 0.3) is 0 Å². The van der Waals surface area contributed by atoms with Gasteiger partial charge >= 0.3 is 0 Å². The van der Waals surface area contributed by atoms with Gasteiger partial charge in [0, 0.05) is 19.5 Å². The van der Waals surface area contributed by atoms with Crippen molar-refractivity contribution in [2.75, 3.05) is 21.2 Å². The van der Waals surface area contributed by atoms with Gasteiger partial charge in [0.1, 0.15) is 5.75 Å². The summed E-state index contributed by atoms with van der Waals surface area (Å²) in [6.07, 6.45) is -0.314. The molecular formula is C15H23NO3. The molecule has 1 aromatic rings. The van der Waals surface area contributed by atoms with E-state index in [0.717, 1.165) is 5.56 Å². The van der Waals surface area contributed by atoms with Gasteiger partial charge in [-0.3, -0.25) is 4.79 Å². The van der Waals surface area contributed by atoms with E-state index in [-0.39, 0.29) is 5.91 Å². The molecule has 0 aliphatic rings. The van der Waals surface area contributed by atoms with Crippen LogP contribution >= 0.6 is 0 Å². The number of hydrogen-bond donors (Lipinski definition) is 1. The van der Waals surface area contributed by atoms with Crippen molar-refractivity contribution in [3.8, 4) is 5.75 Å². The topological polar surface area (TPSA) is 49.8 Å². The van der Waals surface area contributed by atoms with Gasteiger partial charge in [-0.25, -0.2) is 0 Å². The third-order valence-electron chi connectivity index (χ3n) is 3.17. The van der Waals surface area contributed by atoms with E-state index in [9.17, 15) is 9.90 Å². The monoisotopic (exact) mass is 265 g/mol. The second-order valence-corrected chi connectivity index (χ2v) is 5.58. The molecule has 106 valence electrons. The molecule has 1 unspecified atom stereocenters. The van der Waals surface area contributed by atoms with Crippen LogP contribution in [0.3, 0.4) is 0 Å². The summed E-state index contributed by atoms with van der Waals surface area (Å²) in [6.45, 7) is 3.69. The second kappa shape index (κ2) is 6.06. The van der Waals surface area contributed by atoms with Gasteiger partial charge in [0.2, 0.25) is 5.91 Å². The Morgan fingerprint density at radius 1 is 1.42 bits per heavy atom. The number of carbonyl (C=O) groups is 1. The fourth-order valence-electron chi connectivity index (χ4n) is 2.14. The van der Waals surface area contributed by atoms with Crippen LogP contribution in [0.25, 0.3) is 0 Å². The summed E-state index contributed by atoms with van der Waals surface area (Å²) in [5, 5.41) is 10.3. The lowest BCUT2D eigenvalue weighted by atomic mass is 9.83. The summed E-state index contributed by atoms with van der Waals surface area (Å²) >= 11 is 0. The summed E-state index contributed by atoms with van der Waals surface area (Å²) in [7, 11) is 5.04. The molecule has 0 aliphatic carbocycles. The second-order valence-electron chi connectivity index (χ2n) is 5.58. The van der Waals surface area contributed by atoms with E-state index in [1.54, 1.807) is 32.2 Å². The fourth-order valence-corrected chi connectivity index (χ4v) is 2.14. The number of aliphatic hydroxyl groups excluding tert-OH is 1. The van der Waals surface area contributed by atoms with Crippen molar-refractivity contribution in [3.63, 3.8) is 0 Å². The number of benzene rings is 1. The molecule has 0 fully saturated rings. The minimum atomic E-state index is -0.686. The van der Waals surface area contributed by atoms with E-state index >= 15 is 0 Å². The molecule has 0 aromatic heterocycles. The van der Waals surface area contributed by atoms with E-state index in [2.05, 4.69) is 0 Å². The van der Waals surface area contributed by atoms with Crippen molar-refractivity contribution in [2.45, 2.75) is 26.4 Å². The summed E-state index contributed by atoms with van der Waals surface area (Å²) < 4.78 is 5.13. The highest BCUT2D eigenvalue weighted by Crippen LogP contribution is 2.32. The van der Waals surface area contributed by atoms with Crippen LogP contribution in [0, 0.1) is 5.41 Å². The quantitative estimate of drug-likeness (QED) is 0.888. The highest BCUT2D eigenvalue weighted by atomic mass is 16.5. The van der Waals surface area contributed by atoms with Gasteiger partial charge in [-0.2, -0.15) is 0 Å². The van der Waals surface area contributed by atoms with Crippen molar-refractivity contribution in [1.82, 2.24) is 4.90 Å². The molecule has 0 radical (unpaired) electrons. The molecule has 1 N–H and O–H groups in total. The Bertz CT molecular complexity index is 441. The van der Waals surface area contributed by atoms with Crippen LogP contribution in [-0.4, -0.2) is 37.1 Å². The maximum atomic E-state index is 12.0. The predicted molar refractivity (Wildman–Crippen MR) is 75.0 cm³/mol. The van der Waals surface area contributed by atoms with Crippen LogP contribution < -0.4 is 4.74 Å². The average molecular weight is 265 g/mol. The lowest BCUT2D eigenvalue weighted by Gasteiger charge is -2.29. The van der Waals surface area contributed by atoms with Gasteiger partial charge in [0.15, 0.2) is 0 Å². The van der Waals surface area contributed by atoms with Gasteiger partial charge in [-0.1, -0.05) is 26.0 Å². The molecule has 0 spiro atoms. The van der Waals surface area contributed by atoms with Crippen LogP contribution in [0.4, 0.5) is 0 Å². The molecule has 1 amide bonds. The SMILES string of the molecule is COc1cccc(C(O)CC(C)(C)C(=O)N(C)C)c1. The summed E-state index contributed by atoms with van der Waals surface area (Å²) in [6, 6.07) is 7.29.